The summed E-state index contributed by atoms with van der Waals surface area (Å²) in [4.78, 5) is 14.7. The zero-order valence-electron chi connectivity index (χ0n) is 9.98. The number of rotatable bonds is 4. The summed E-state index contributed by atoms with van der Waals surface area (Å²) in [6.45, 7) is 8.34. The number of piperazine rings is 1. The van der Waals surface area contributed by atoms with E-state index in [4.69, 9.17) is 10.00 Å². The predicted octanol–water partition coefficient (Wildman–Crippen LogP) is 0.284. The largest absolute Gasteiger partial charge is 0.466 e. The maximum atomic E-state index is 10.6. The van der Waals surface area contributed by atoms with Crippen LogP contribution in [0.25, 0.3) is 0 Å². The lowest BCUT2D eigenvalue weighted by Crippen LogP contribution is -2.46. The van der Waals surface area contributed by atoms with Gasteiger partial charge in [-0.1, -0.05) is 6.92 Å². The standard InChI is InChI=1S/C11H19N3O2/c1-10(8-16-11(2)15)7-13-3-5-14(9-12)6-4-13/h10H,3-8H2,1-2H3. The number of nitriles is 1. The third-order valence-corrected chi connectivity index (χ3v) is 2.65. The summed E-state index contributed by atoms with van der Waals surface area (Å²) in [5, 5.41) is 8.70. The Hall–Kier alpha value is -1.28. The zero-order valence-corrected chi connectivity index (χ0v) is 9.98. The molecule has 0 saturated carbocycles. The molecule has 1 fully saturated rings. The van der Waals surface area contributed by atoms with Gasteiger partial charge in [0.1, 0.15) is 0 Å². The van der Waals surface area contributed by atoms with Crippen molar-refractivity contribution in [3.8, 4) is 6.19 Å². The minimum atomic E-state index is -0.221. The summed E-state index contributed by atoms with van der Waals surface area (Å²) in [5.41, 5.74) is 0. The maximum absolute atomic E-state index is 10.6. The van der Waals surface area contributed by atoms with Gasteiger partial charge in [-0.2, -0.15) is 5.26 Å². The highest BCUT2D eigenvalue weighted by Gasteiger charge is 2.17. The fraction of sp³-hybridized carbons (Fsp3) is 0.818. The second kappa shape index (κ2) is 6.33. The first kappa shape index (κ1) is 12.8. The number of nitrogens with zero attached hydrogens (tertiary/aromatic N) is 3. The van der Waals surface area contributed by atoms with Crippen LogP contribution in [0.15, 0.2) is 0 Å². The van der Waals surface area contributed by atoms with Crippen LogP contribution < -0.4 is 0 Å². The minimum Gasteiger partial charge on any atom is -0.466 e. The third kappa shape index (κ3) is 4.49. The molecular formula is C11H19N3O2. The topological polar surface area (TPSA) is 56.6 Å². The van der Waals surface area contributed by atoms with E-state index in [0.717, 1.165) is 32.7 Å². The Morgan fingerprint density at radius 3 is 2.56 bits per heavy atom. The molecule has 5 heteroatoms. The van der Waals surface area contributed by atoms with Crippen LogP contribution in [0.4, 0.5) is 0 Å². The van der Waals surface area contributed by atoms with E-state index in [0.29, 0.717) is 12.5 Å². The van der Waals surface area contributed by atoms with Crippen molar-refractivity contribution < 1.29 is 9.53 Å². The van der Waals surface area contributed by atoms with Gasteiger partial charge in [0.2, 0.25) is 0 Å². The highest BCUT2D eigenvalue weighted by Crippen LogP contribution is 2.05. The highest BCUT2D eigenvalue weighted by atomic mass is 16.5. The van der Waals surface area contributed by atoms with Gasteiger partial charge in [0.15, 0.2) is 6.19 Å². The van der Waals surface area contributed by atoms with Gasteiger partial charge in [-0.15, -0.1) is 0 Å². The summed E-state index contributed by atoms with van der Waals surface area (Å²) in [6, 6.07) is 0. The quantitative estimate of drug-likeness (QED) is 0.508. The summed E-state index contributed by atoms with van der Waals surface area (Å²) in [7, 11) is 0. The van der Waals surface area contributed by atoms with Gasteiger partial charge in [0.05, 0.1) is 6.61 Å². The van der Waals surface area contributed by atoms with Crippen molar-refractivity contribution in [1.29, 1.82) is 5.26 Å². The first-order valence-corrected chi connectivity index (χ1v) is 5.62. The van der Waals surface area contributed by atoms with Gasteiger partial charge in [-0.25, -0.2) is 0 Å². The molecule has 0 aromatic carbocycles. The predicted molar refractivity (Wildman–Crippen MR) is 59.4 cm³/mol. The molecule has 0 aromatic rings. The maximum Gasteiger partial charge on any atom is 0.302 e. The summed E-state index contributed by atoms with van der Waals surface area (Å²) >= 11 is 0. The Labute approximate surface area is 96.6 Å². The molecule has 1 unspecified atom stereocenters. The monoisotopic (exact) mass is 225 g/mol. The highest BCUT2D eigenvalue weighted by molar-refractivity contribution is 5.65. The van der Waals surface area contributed by atoms with Crippen LogP contribution in [-0.2, 0) is 9.53 Å². The molecule has 5 nitrogen and oxygen atoms in total. The zero-order chi connectivity index (χ0) is 12.0. The van der Waals surface area contributed by atoms with E-state index in [2.05, 4.69) is 18.0 Å². The Bertz CT molecular complexity index is 267. The van der Waals surface area contributed by atoms with Gasteiger partial charge in [-0.05, 0) is 0 Å². The lowest BCUT2D eigenvalue weighted by molar-refractivity contribution is -0.142. The molecule has 0 spiro atoms. The van der Waals surface area contributed by atoms with E-state index in [1.807, 2.05) is 0 Å². The van der Waals surface area contributed by atoms with Crippen LogP contribution in [0.5, 0.6) is 0 Å². The lowest BCUT2D eigenvalue weighted by Gasteiger charge is -2.33. The van der Waals surface area contributed by atoms with Gasteiger partial charge in [0, 0.05) is 45.6 Å². The molecule has 0 aliphatic carbocycles. The molecule has 1 atom stereocenters. The van der Waals surface area contributed by atoms with E-state index in [1.165, 1.54) is 6.92 Å². The van der Waals surface area contributed by atoms with Crippen molar-refractivity contribution >= 4 is 5.97 Å². The number of carbonyl (C=O) groups excluding carboxylic acids is 1. The Morgan fingerprint density at radius 2 is 2.06 bits per heavy atom. The summed E-state index contributed by atoms with van der Waals surface area (Å²) < 4.78 is 4.96. The van der Waals surface area contributed by atoms with Crippen LogP contribution in [-0.4, -0.2) is 55.1 Å². The molecule has 1 rings (SSSR count). The SMILES string of the molecule is CC(=O)OCC(C)CN1CCN(C#N)CC1. The lowest BCUT2D eigenvalue weighted by atomic mass is 10.1. The average Bonchev–Trinajstić information content (AvgIpc) is 2.27. The fourth-order valence-corrected chi connectivity index (χ4v) is 1.78. The summed E-state index contributed by atoms with van der Waals surface area (Å²) in [6.07, 6.45) is 2.16. The van der Waals surface area contributed by atoms with E-state index in [1.54, 1.807) is 4.90 Å². The number of ether oxygens (including phenoxy) is 1. The van der Waals surface area contributed by atoms with Crippen LogP contribution in [0.3, 0.4) is 0 Å². The first-order chi connectivity index (χ1) is 7.61. The molecule has 90 valence electrons. The molecule has 0 amide bonds. The molecule has 0 aromatic heterocycles. The van der Waals surface area contributed by atoms with Gasteiger partial charge in [0.25, 0.3) is 0 Å². The van der Waals surface area contributed by atoms with Crippen molar-refractivity contribution in [2.75, 3.05) is 39.3 Å². The molecule has 1 saturated heterocycles. The number of carbonyl (C=O) groups is 1. The van der Waals surface area contributed by atoms with Crippen LogP contribution >= 0.6 is 0 Å². The molecule has 1 aliphatic rings. The van der Waals surface area contributed by atoms with Crippen LogP contribution in [0.2, 0.25) is 0 Å². The molecule has 0 N–H and O–H groups in total. The van der Waals surface area contributed by atoms with Crippen LogP contribution in [0, 0.1) is 17.4 Å². The average molecular weight is 225 g/mol. The molecule has 16 heavy (non-hydrogen) atoms. The van der Waals surface area contributed by atoms with Crippen molar-refractivity contribution in [3.05, 3.63) is 0 Å². The van der Waals surface area contributed by atoms with Crippen molar-refractivity contribution in [2.24, 2.45) is 5.92 Å². The molecule has 1 heterocycles. The minimum absolute atomic E-state index is 0.221. The molecular weight excluding hydrogens is 206 g/mol. The molecule has 1 aliphatic heterocycles. The number of esters is 1. The molecule has 0 radical (unpaired) electrons. The van der Waals surface area contributed by atoms with Crippen molar-refractivity contribution in [1.82, 2.24) is 9.80 Å². The Morgan fingerprint density at radius 1 is 1.44 bits per heavy atom. The normalized spacial score (nSPS) is 18.9. The third-order valence-electron chi connectivity index (χ3n) is 2.65. The van der Waals surface area contributed by atoms with Gasteiger partial charge >= 0.3 is 5.97 Å². The van der Waals surface area contributed by atoms with Crippen LogP contribution in [0.1, 0.15) is 13.8 Å². The Balaban J connectivity index is 2.18. The van der Waals surface area contributed by atoms with E-state index in [-0.39, 0.29) is 5.97 Å². The number of hydrogen-bond acceptors (Lipinski definition) is 5. The van der Waals surface area contributed by atoms with Gasteiger partial charge in [-0.3, -0.25) is 9.69 Å². The number of hydrogen-bond donors (Lipinski definition) is 0. The second-order valence-electron chi connectivity index (χ2n) is 4.30. The summed E-state index contributed by atoms with van der Waals surface area (Å²) in [5.74, 6) is 0.124. The van der Waals surface area contributed by atoms with E-state index in [9.17, 15) is 4.79 Å². The Kier molecular flexibility index (Phi) is 5.06. The second-order valence-corrected chi connectivity index (χ2v) is 4.30. The molecule has 0 bridgehead atoms. The van der Waals surface area contributed by atoms with Crippen molar-refractivity contribution in [2.45, 2.75) is 13.8 Å². The fourth-order valence-electron chi connectivity index (χ4n) is 1.78. The smallest absolute Gasteiger partial charge is 0.302 e. The van der Waals surface area contributed by atoms with Crippen molar-refractivity contribution in [3.63, 3.8) is 0 Å². The van der Waals surface area contributed by atoms with E-state index >= 15 is 0 Å². The van der Waals surface area contributed by atoms with Gasteiger partial charge < -0.3 is 9.64 Å². The first-order valence-electron chi connectivity index (χ1n) is 5.62. The van der Waals surface area contributed by atoms with E-state index < -0.39 is 0 Å².